The third kappa shape index (κ3) is 1.35. The molecule has 2 heterocycles. The fraction of sp³-hybridized carbons (Fsp3) is 0.429. The average molecular weight is 182 g/mol. The predicted molar refractivity (Wildman–Crippen MR) is 45.7 cm³/mol. The van der Waals surface area contributed by atoms with Crippen LogP contribution in [0.3, 0.4) is 0 Å². The van der Waals surface area contributed by atoms with Crippen LogP contribution in [-0.4, -0.2) is 33.4 Å². The molecule has 2 rings (SSSR count). The monoisotopic (exact) mass is 182 g/mol. The van der Waals surface area contributed by atoms with Crippen molar-refractivity contribution in [2.75, 3.05) is 11.9 Å². The number of nitrogens with two attached hydrogens (primary N) is 1. The first-order chi connectivity index (χ1) is 6.16. The summed E-state index contributed by atoms with van der Waals surface area (Å²) in [4.78, 5) is 10.6. The number of nitrogens with one attached hydrogen (secondary N) is 1. The third-order valence-electron chi connectivity index (χ3n) is 1.95. The summed E-state index contributed by atoms with van der Waals surface area (Å²) in [6.07, 6.45) is 0. The second-order valence-electron chi connectivity index (χ2n) is 3.04. The maximum absolute atomic E-state index is 10.6. The quantitative estimate of drug-likeness (QED) is 0.535. The van der Waals surface area contributed by atoms with Crippen LogP contribution < -0.4 is 11.1 Å². The topological polar surface area (TPSA) is 93.2 Å². The first-order valence-corrected chi connectivity index (χ1v) is 3.97. The molecule has 0 radical (unpaired) electrons. The number of hydrogen-bond donors (Lipinski definition) is 3. The van der Waals surface area contributed by atoms with E-state index in [9.17, 15) is 4.79 Å². The highest BCUT2D eigenvalue weighted by Gasteiger charge is 2.18. The number of rotatable bonds is 1. The van der Waals surface area contributed by atoms with Gasteiger partial charge in [0.2, 0.25) is 0 Å². The highest BCUT2D eigenvalue weighted by molar-refractivity contribution is 5.86. The highest BCUT2D eigenvalue weighted by atomic mass is 16.4. The van der Waals surface area contributed by atoms with Crippen molar-refractivity contribution < 1.29 is 9.90 Å². The standard InChI is InChI=1S/C7H10N4O2/c8-4-2-9-6-1-5(7(12)13)10-11(6)3-4/h1,4,9H,2-3,8H2,(H,12,13). The van der Waals surface area contributed by atoms with E-state index in [-0.39, 0.29) is 11.7 Å². The Morgan fingerprint density at radius 2 is 2.62 bits per heavy atom. The van der Waals surface area contributed by atoms with Crippen LogP contribution in [0.5, 0.6) is 0 Å². The summed E-state index contributed by atoms with van der Waals surface area (Å²) >= 11 is 0. The number of carboxylic acids is 1. The van der Waals surface area contributed by atoms with Crippen LogP contribution in [0.4, 0.5) is 5.82 Å². The van der Waals surface area contributed by atoms with Gasteiger partial charge in [-0.15, -0.1) is 0 Å². The Morgan fingerprint density at radius 1 is 1.85 bits per heavy atom. The van der Waals surface area contributed by atoms with E-state index >= 15 is 0 Å². The molecule has 0 saturated heterocycles. The van der Waals surface area contributed by atoms with E-state index in [4.69, 9.17) is 10.8 Å². The minimum atomic E-state index is -1.02. The molecule has 1 aromatic heterocycles. The van der Waals surface area contributed by atoms with Crippen LogP contribution in [-0.2, 0) is 6.54 Å². The lowest BCUT2D eigenvalue weighted by Gasteiger charge is -2.20. The summed E-state index contributed by atoms with van der Waals surface area (Å²) in [5.41, 5.74) is 5.72. The summed E-state index contributed by atoms with van der Waals surface area (Å²) in [6.45, 7) is 1.22. The Bertz CT molecular complexity index is 346. The zero-order valence-electron chi connectivity index (χ0n) is 6.90. The fourth-order valence-electron chi connectivity index (χ4n) is 1.33. The summed E-state index contributed by atoms with van der Waals surface area (Å²) < 4.78 is 1.58. The molecule has 70 valence electrons. The molecule has 1 unspecified atom stereocenters. The van der Waals surface area contributed by atoms with Crippen LogP contribution >= 0.6 is 0 Å². The lowest BCUT2D eigenvalue weighted by atomic mass is 10.3. The van der Waals surface area contributed by atoms with Crippen molar-refractivity contribution in [3.05, 3.63) is 11.8 Å². The number of carboxylic acid groups (broad SMARTS) is 1. The molecular weight excluding hydrogens is 172 g/mol. The molecule has 1 aliphatic heterocycles. The van der Waals surface area contributed by atoms with Crippen molar-refractivity contribution in [3.8, 4) is 0 Å². The minimum absolute atomic E-state index is 0.00551. The number of carbonyl (C=O) groups is 1. The Labute approximate surface area is 74.3 Å². The van der Waals surface area contributed by atoms with Crippen LogP contribution in [0.25, 0.3) is 0 Å². The molecule has 1 aliphatic rings. The summed E-state index contributed by atoms with van der Waals surface area (Å²) in [7, 11) is 0. The summed E-state index contributed by atoms with van der Waals surface area (Å²) in [5.74, 6) is -0.295. The second-order valence-corrected chi connectivity index (χ2v) is 3.04. The number of fused-ring (bicyclic) bond motifs is 1. The van der Waals surface area contributed by atoms with Gasteiger partial charge in [0.15, 0.2) is 5.69 Å². The van der Waals surface area contributed by atoms with Crippen LogP contribution in [0.2, 0.25) is 0 Å². The van der Waals surface area contributed by atoms with Gasteiger partial charge in [0.1, 0.15) is 5.82 Å². The molecule has 0 bridgehead atoms. The SMILES string of the molecule is NC1CNc2cc(C(=O)O)nn2C1. The predicted octanol–water partition coefficient (Wildman–Crippen LogP) is -0.666. The molecule has 1 atom stereocenters. The van der Waals surface area contributed by atoms with Gasteiger partial charge in [0, 0.05) is 18.7 Å². The number of anilines is 1. The van der Waals surface area contributed by atoms with Gasteiger partial charge in [0.05, 0.1) is 6.54 Å². The first-order valence-electron chi connectivity index (χ1n) is 3.97. The number of aromatic carboxylic acids is 1. The molecule has 0 amide bonds. The Balaban J connectivity index is 2.33. The Hall–Kier alpha value is -1.56. The van der Waals surface area contributed by atoms with Gasteiger partial charge >= 0.3 is 5.97 Å². The van der Waals surface area contributed by atoms with Crippen LogP contribution in [0.15, 0.2) is 6.07 Å². The van der Waals surface area contributed by atoms with Crippen molar-refractivity contribution in [2.45, 2.75) is 12.6 Å². The minimum Gasteiger partial charge on any atom is -0.476 e. The van der Waals surface area contributed by atoms with Crippen molar-refractivity contribution in [3.63, 3.8) is 0 Å². The number of nitrogens with zero attached hydrogens (tertiary/aromatic N) is 2. The normalized spacial score (nSPS) is 20.5. The Morgan fingerprint density at radius 3 is 3.31 bits per heavy atom. The van der Waals surface area contributed by atoms with E-state index in [1.165, 1.54) is 6.07 Å². The van der Waals surface area contributed by atoms with Gasteiger partial charge in [-0.2, -0.15) is 5.10 Å². The molecule has 0 aliphatic carbocycles. The molecule has 13 heavy (non-hydrogen) atoms. The molecule has 6 heteroatoms. The third-order valence-corrected chi connectivity index (χ3v) is 1.95. The van der Waals surface area contributed by atoms with Crippen molar-refractivity contribution in [1.82, 2.24) is 9.78 Å². The van der Waals surface area contributed by atoms with Crippen molar-refractivity contribution >= 4 is 11.8 Å². The lowest BCUT2D eigenvalue weighted by Crippen LogP contribution is -2.38. The molecule has 0 aromatic carbocycles. The van der Waals surface area contributed by atoms with Gasteiger partial charge < -0.3 is 16.2 Å². The molecule has 0 spiro atoms. The Kier molecular flexibility index (Phi) is 1.70. The molecular formula is C7H10N4O2. The maximum Gasteiger partial charge on any atom is 0.356 e. The van der Waals surface area contributed by atoms with E-state index in [2.05, 4.69) is 10.4 Å². The first kappa shape index (κ1) is 8.06. The molecule has 6 nitrogen and oxygen atoms in total. The molecule has 0 saturated carbocycles. The number of hydrogen-bond acceptors (Lipinski definition) is 4. The van der Waals surface area contributed by atoms with Crippen molar-refractivity contribution in [2.24, 2.45) is 5.73 Å². The zero-order valence-corrected chi connectivity index (χ0v) is 6.90. The average Bonchev–Trinajstić information content (AvgIpc) is 2.46. The van der Waals surface area contributed by atoms with Crippen LogP contribution in [0, 0.1) is 0 Å². The largest absolute Gasteiger partial charge is 0.476 e. The van der Waals surface area contributed by atoms with E-state index in [1.54, 1.807) is 4.68 Å². The van der Waals surface area contributed by atoms with Crippen molar-refractivity contribution in [1.29, 1.82) is 0 Å². The smallest absolute Gasteiger partial charge is 0.356 e. The molecule has 1 aromatic rings. The van der Waals surface area contributed by atoms with Gasteiger partial charge in [-0.1, -0.05) is 0 Å². The van der Waals surface area contributed by atoms with E-state index < -0.39 is 5.97 Å². The van der Waals surface area contributed by atoms with Gasteiger partial charge in [-0.25, -0.2) is 9.48 Å². The number of aromatic nitrogens is 2. The van der Waals surface area contributed by atoms with Gasteiger partial charge in [0.25, 0.3) is 0 Å². The van der Waals surface area contributed by atoms with E-state index in [1.807, 2.05) is 0 Å². The van der Waals surface area contributed by atoms with Gasteiger partial charge in [-0.05, 0) is 0 Å². The van der Waals surface area contributed by atoms with Gasteiger partial charge in [-0.3, -0.25) is 0 Å². The lowest BCUT2D eigenvalue weighted by molar-refractivity contribution is 0.0689. The fourth-order valence-corrected chi connectivity index (χ4v) is 1.33. The van der Waals surface area contributed by atoms with E-state index in [0.29, 0.717) is 13.1 Å². The highest BCUT2D eigenvalue weighted by Crippen LogP contribution is 2.14. The molecule has 4 N–H and O–H groups in total. The second kappa shape index (κ2) is 2.74. The maximum atomic E-state index is 10.6. The summed E-state index contributed by atoms with van der Waals surface area (Å²) in [5, 5.41) is 15.5. The molecule has 0 fully saturated rings. The van der Waals surface area contributed by atoms with E-state index in [0.717, 1.165) is 5.82 Å². The van der Waals surface area contributed by atoms with Crippen LogP contribution in [0.1, 0.15) is 10.5 Å². The summed E-state index contributed by atoms with van der Waals surface area (Å²) in [6, 6.07) is 1.50. The zero-order chi connectivity index (χ0) is 9.42.